The third-order valence-corrected chi connectivity index (χ3v) is 5.43. The van der Waals surface area contributed by atoms with Crippen molar-refractivity contribution in [3.63, 3.8) is 0 Å². The van der Waals surface area contributed by atoms with Crippen molar-refractivity contribution in [1.82, 2.24) is 10.2 Å². The molecule has 0 aliphatic carbocycles. The highest BCUT2D eigenvalue weighted by molar-refractivity contribution is 6.23. The van der Waals surface area contributed by atoms with Gasteiger partial charge < -0.3 is 29.4 Å². The third-order valence-electron chi connectivity index (χ3n) is 5.43. The number of rotatable bonds is 14. The SMILES string of the molecule is NC(=O)OCCOCCOCCOCCOCC#Cc1ccc2c(c1)C(=O)N(C1CCC(=O)NC1=O)C2=O. The fourth-order valence-electron chi connectivity index (χ4n) is 3.67. The molecule has 38 heavy (non-hydrogen) atoms. The van der Waals surface area contributed by atoms with Crippen LogP contribution in [0.5, 0.6) is 0 Å². The average molecular weight is 532 g/mol. The van der Waals surface area contributed by atoms with Gasteiger partial charge in [-0.1, -0.05) is 11.8 Å². The first-order valence-electron chi connectivity index (χ1n) is 12.0. The van der Waals surface area contributed by atoms with Crippen LogP contribution in [0.25, 0.3) is 0 Å². The Kier molecular flexibility index (Phi) is 11.2. The number of carbonyl (C=O) groups excluding carboxylic acids is 5. The van der Waals surface area contributed by atoms with Crippen LogP contribution in [0.15, 0.2) is 18.2 Å². The summed E-state index contributed by atoms with van der Waals surface area (Å²) in [6.07, 6.45) is -0.675. The molecule has 1 unspecified atom stereocenters. The van der Waals surface area contributed by atoms with Gasteiger partial charge in [0, 0.05) is 12.0 Å². The van der Waals surface area contributed by atoms with E-state index in [1.807, 2.05) is 0 Å². The molecule has 1 atom stereocenters. The molecule has 1 aromatic carbocycles. The summed E-state index contributed by atoms with van der Waals surface area (Å²) in [7, 11) is 0. The summed E-state index contributed by atoms with van der Waals surface area (Å²) < 4.78 is 25.8. The molecular formula is C25H29N3O10. The number of fused-ring (bicyclic) bond motifs is 1. The lowest BCUT2D eigenvalue weighted by Gasteiger charge is -2.27. The molecule has 204 valence electrons. The normalized spacial score (nSPS) is 16.6. The minimum absolute atomic E-state index is 0.0626. The number of nitrogens with two attached hydrogens (primary N) is 1. The van der Waals surface area contributed by atoms with Crippen molar-refractivity contribution in [3.8, 4) is 11.8 Å². The Morgan fingerprint density at radius 1 is 0.895 bits per heavy atom. The van der Waals surface area contributed by atoms with Gasteiger partial charge in [0.1, 0.15) is 19.3 Å². The zero-order valence-corrected chi connectivity index (χ0v) is 20.7. The van der Waals surface area contributed by atoms with Crippen molar-refractivity contribution in [2.75, 3.05) is 59.5 Å². The fraction of sp³-hybridized carbons (Fsp3) is 0.480. The van der Waals surface area contributed by atoms with Crippen molar-refractivity contribution >= 4 is 29.7 Å². The molecule has 13 heteroatoms. The minimum Gasteiger partial charge on any atom is -0.447 e. The molecule has 2 aliphatic heterocycles. The highest BCUT2D eigenvalue weighted by Crippen LogP contribution is 2.28. The first-order valence-corrected chi connectivity index (χ1v) is 12.0. The van der Waals surface area contributed by atoms with Crippen LogP contribution in [0.2, 0.25) is 0 Å². The molecule has 3 rings (SSSR count). The van der Waals surface area contributed by atoms with Gasteiger partial charge in [-0.25, -0.2) is 4.79 Å². The van der Waals surface area contributed by atoms with Crippen LogP contribution in [-0.2, 0) is 33.3 Å². The Morgan fingerprint density at radius 2 is 1.50 bits per heavy atom. The molecule has 0 spiro atoms. The van der Waals surface area contributed by atoms with E-state index in [9.17, 15) is 24.0 Å². The molecule has 2 heterocycles. The Morgan fingerprint density at radius 3 is 2.13 bits per heavy atom. The molecule has 0 saturated carbocycles. The largest absolute Gasteiger partial charge is 0.447 e. The Hall–Kier alpha value is -3.83. The predicted molar refractivity (Wildman–Crippen MR) is 129 cm³/mol. The van der Waals surface area contributed by atoms with E-state index >= 15 is 0 Å². The molecule has 1 saturated heterocycles. The summed E-state index contributed by atoms with van der Waals surface area (Å²) in [5.74, 6) is 3.50. The monoisotopic (exact) mass is 531 g/mol. The zero-order valence-electron chi connectivity index (χ0n) is 20.7. The van der Waals surface area contributed by atoms with Crippen LogP contribution in [0, 0.1) is 11.8 Å². The average Bonchev–Trinajstić information content (AvgIpc) is 3.13. The number of primary amides is 1. The second-order valence-electron chi connectivity index (χ2n) is 8.07. The second-order valence-corrected chi connectivity index (χ2v) is 8.07. The van der Waals surface area contributed by atoms with Gasteiger partial charge in [-0.2, -0.15) is 0 Å². The van der Waals surface area contributed by atoms with E-state index in [1.165, 1.54) is 12.1 Å². The number of ether oxygens (including phenoxy) is 5. The number of nitrogens with one attached hydrogen (secondary N) is 1. The van der Waals surface area contributed by atoms with E-state index in [2.05, 4.69) is 21.9 Å². The molecule has 5 amide bonds. The number of hydrogen-bond acceptors (Lipinski definition) is 10. The van der Waals surface area contributed by atoms with Crippen LogP contribution in [-0.4, -0.2) is 100 Å². The van der Waals surface area contributed by atoms with Crippen molar-refractivity contribution in [2.45, 2.75) is 18.9 Å². The lowest BCUT2D eigenvalue weighted by Crippen LogP contribution is -2.54. The Balaban J connectivity index is 1.29. The first-order chi connectivity index (χ1) is 18.4. The second kappa shape index (κ2) is 14.8. The summed E-state index contributed by atoms with van der Waals surface area (Å²) >= 11 is 0. The van der Waals surface area contributed by atoms with Crippen LogP contribution >= 0.6 is 0 Å². The van der Waals surface area contributed by atoms with Crippen LogP contribution in [0.1, 0.15) is 39.1 Å². The molecule has 0 bridgehead atoms. The van der Waals surface area contributed by atoms with E-state index in [-0.39, 0.29) is 43.8 Å². The predicted octanol–water partition coefficient (Wildman–Crippen LogP) is -0.399. The van der Waals surface area contributed by atoms with Crippen molar-refractivity contribution < 1.29 is 47.7 Å². The van der Waals surface area contributed by atoms with Gasteiger partial charge in [0.15, 0.2) is 0 Å². The Labute approximate surface area is 218 Å². The van der Waals surface area contributed by atoms with Gasteiger partial charge in [-0.05, 0) is 24.6 Å². The number of piperidine rings is 1. The van der Waals surface area contributed by atoms with Gasteiger partial charge in [0.25, 0.3) is 11.8 Å². The maximum Gasteiger partial charge on any atom is 0.404 e. The van der Waals surface area contributed by atoms with E-state index in [0.717, 1.165) is 4.90 Å². The maximum atomic E-state index is 12.8. The van der Waals surface area contributed by atoms with Gasteiger partial charge in [0.05, 0.1) is 57.4 Å². The molecule has 0 aromatic heterocycles. The molecular weight excluding hydrogens is 502 g/mol. The number of nitrogens with zero attached hydrogens (tertiary/aromatic N) is 1. The summed E-state index contributed by atoms with van der Waals surface area (Å²) in [6, 6.07) is 3.63. The van der Waals surface area contributed by atoms with Gasteiger partial charge in [-0.15, -0.1) is 0 Å². The van der Waals surface area contributed by atoms with Gasteiger partial charge >= 0.3 is 6.09 Å². The smallest absolute Gasteiger partial charge is 0.404 e. The first kappa shape index (κ1) is 28.7. The third kappa shape index (κ3) is 8.35. The zero-order chi connectivity index (χ0) is 27.3. The molecule has 2 aliphatic rings. The standard InChI is InChI=1S/C25H29N3O10/c26-25(33)38-15-14-37-13-12-36-11-10-35-9-8-34-7-1-2-17-3-4-18-19(16-17)24(32)28(23(18)31)20-5-6-21(29)27-22(20)30/h3-4,16,20H,5-15H2,(H2,26,33)(H,27,29,30). The van der Waals surface area contributed by atoms with E-state index in [0.29, 0.717) is 45.2 Å². The molecule has 3 N–H and O–H groups in total. The number of benzene rings is 1. The number of carbonyl (C=O) groups is 5. The molecule has 0 radical (unpaired) electrons. The highest BCUT2D eigenvalue weighted by atomic mass is 16.6. The van der Waals surface area contributed by atoms with Crippen LogP contribution in [0.4, 0.5) is 4.79 Å². The maximum absolute atomic E-state index is 12.8. The van der Waals surface area contributed by atoms with Gasteiger partial charge in [0.2, 0.25) is 11.8 Å². The number of hydrogen-bond donors (Lipinski definition) is 2. The molecule has 13 nitrogen and oxygen atoms in total. The van der Waals surface area contributed by atoms with E-state index < -0.39 is 35.8 Å². The Bertz CT molecular complexity index is 1110. The highest BCUT2D eigenvalue weighted by Gasteiger charge is 2.44. The number of amides is 5. The summed E-state index contributed by atoms with van der Waals surface area (Å²) in [6.45, 7) is 2.69. The minimum atomic E-state index is -1.01. The lowest BCUT2D eigenvalue weighted by molar-refractivity contribution is -0.136. The molecule has 1 fully saturated rings. The quantitative estimate of drug-likeness (QED) is 0.183. The fourth-order valence-corrected chi connectivity index (χ4v) is 3.67. The summed E-state index contributed by atoms with van der Waals surface area (Å²) in [5, 5.41) is 2.17. The van der Waals surface area contributed by atoms with Gasteiger partial charge in [-0.3, -0.25) is 29.4 Å². The summed E-state index contributed by atoms with van der Waals surface area (Å²) in [4.78, 5) is 60.3. The number of imide groups is 2. The lowest BCUT2D eigenvalue weighted by atomic mass is 10.0. The van der Waals surface area contributed by atoms with E-state index in [1.54, 1.807) is 6.07 Å². The van der Waals surface area contributed by atoms with E-state index in [4.69, 9.17) is 24.7 Å². The van der Waals surface area contributed by atoms with Crippen LogP contribution in [0.3, 0.4) is 0 Å². The molecule has 1 aromatic rings. The van der Waals surface area contributed by atoms with Crippen LogP contribution < -0.4 is 11.1 Å². The summed E-state index contributed by atoms with van der Waals surface area (Å²) in [5.41, 5.74) is 5.71. The topological polar surface area (TPSA) is 173 Å². The van der Waals surface area contributed by atoms with Crippen molar-refractivity contribution in [2.24, 2.45) is 5.73 Å². The van der Waals surface area contributed by atoms with Crippen molar-refractivity contribution in [1.29, 1.82) is 0 Å². The van der Waals surface area contributed by atoms with Crippen molar-refractivity contribution in [3.05, 3.63) is 34.9 Å².